The van der Waals surface area contributed by atoms with Crippen LogP contribution in [0.5, 0.6) is 5.88 Å². The standard InChI is InChI=1S/C18H22ClN3O3/c1-18(2,17(23)20-11-14-9-6-10-24-14)25-16-15(19)12-22(21-16)13-7-4-3-5-8-13/h3-5,7-8,12,14H,6,9-11H2,1-2H3,(H,20,23). The van der Waals surface area contributed by atoms with Gasteiger partial charge in [-0.2, -0.15) is 0 Å². The molecule has 6 nitrogen and oxygen atoms in total. The summed E-state index contributed by atoms with van der Waals surface area (Å²) in [6.45, 7) is 4.62. The smallest absolute Gasteiger partial charge is 0.263 e. The lowest BCUT2D eigenvalue weighted by molar-refractivity contribution is -0.134. The van der Waals surface area contributed by atoms with Crippen molar-refractivity contribution in [2.24, 2.45) is 0 Å². The quantitative estimate of drug-likeness (QED) is 0.856. The minimum Gasteiger partial charge on any atom is -0.459 e. The van der Waals surface area contributed by atoms with Gasteiger partial charge in [-0.1, -0.05) is 29.8 Å². The van der Waals surface area contributed by atoms with E-state index in [0.29, 0.717) is 11.6 Å². The minimum atomic E-state index is -1.10. The number of rotatable bonds is 6. The first kappa shape index (κ1) is 17.8. The van der Waals surface area contributed by atoms with Crippen molar-refractivity contribution in [2.75, 3.05) is 13.2 Å². The predicted octanol–water partition coefficient (Wildman–Crippen LogP) is 2.98. The number of ether oxygens (including phenoxy) is 2. The highest BCUT2D eigenvalue weighted by atomic mass is 35.5. The number of amides is 1. The van der Waals surface area contributed by atoms with E-state index >= 15 is 0 Å². The van der Waals surface area contributed by atoms with Crippen LogP contribution in [0.3, 0.4) is 0 Å². The van der Waals surface area contributed by atoms with Crippen LogP contribution in [-0.4, -0.2) is 40.5 Å². The number of nitrogens with one attached hydrogen (secondary N) is 1. The summed E-state index contributed by atoms with van der Waals surface area (Å²) >= 11 is 6.23. The molecule has 1 aliphatic heterocycles. The van der Waals surface area contributed by atoms with E-state index in [1.54, 1.807) is 24.7 Å². The third-order valence-corrected chi connectivity index (χ3v) is 4.33. The Labute approximate surface area is 152 Å². The molecule has 0 radical (unpaired) electrons. The molecule has 1 N–H and O–H groups in total. The normalized spacial score (nSPS) is 17.5. The van der Waals surface area contributed by atoms with E-state index in [1.807, 2.05) is 30.3 Å². The summed E-state index contributed by atoms with van der Waals surface area (Å²) in [6, 6.07) is 9.56. The first-order valence-electron chi connectivity index (χ1n) is 8.35. The molecule has 1 aliphatic rings. The van der Waals surface area contributed by atoms with Crippen LogP contribution in [0.2, 0.25) is 5.02 Å². The second-order valence-electron chi connectivity index (χ2n) is 6.52. The Bertz CT molecular complexity index is 724. The van der Waals surface area contributed by atoms with E-state index in [9.17, 15) is 4.79 Å². The van der Waals surface area contributed by atoms with Crippen molar-refractivity contribution in [3.8, 4) is 11.6 Å². The van der Waals surface area contributed by atoms with E-state index in [4.69, 9.17) is 21.1 Å². The van der Waals surface area contributed by atoms with E-state index < -0.39 is 5.60 Å². The molecule has 1 fully saturated rings. The van der Waals surface area contributed by atoms with Crippen LogP contribution in [0.4, 0.5) is 0 Å². The summed E-state index contributed by atoms with van der Waals surface area (Å²) in [4.78, 5) is 12.4. The molecule has 1 aromatic carbocycles. The van der Waals surface area contributed by atoms with Crippen molar-refractivity contribution in [3.63, 3.8) is 0 Å². The van der Waals surface area contributed by atoms with Crippen LogP contribution >= 0.6 is 11.6 Å². The first-order chi connectivity index (χ1) is 12.0. The molecule has 0 saturated carbocycles. The Morgan fingerprint density at radius 1 is 1.44 bits per heavy atom. The van der Waals surface area contributed by atoms with Gasteiger partial charge in [0, 0.05) is 13.2 Å². The van der Waals surface area contributed by atoms with E-state index in [2.05, 4.69) is 10.4 Å². The minimum absolute atomic E-state index is 0.0839. The zero-order valence-electron chi connectivity index (χ0n) is 14.4. The lowest BCUT2D eigenvalue weighted by Crippen LogP contribution is -2.48. The van der Waals surface area contributed by atoms with Crippen molar-refractivity contribution >= 4 is 17.5 Å². The number of aromatic nitrogens is 2. The summed E-state index contributed by atoms with van der Waals surface area (Å²) in [6.07, 6.45) is 3.75. The Morgan fingerprint density at radius 2 is 2.20 bits per heavy atom. The molecule has 1 amide bonds. The van der Waals surface area contributed by atoms with E-state index in [-0.39, 0.29) is 17.9 Å². The molecule has 0 bridgehead atoms. The fraction of sp³-hybridized carbons (Fsp3) is 0.444. The zero-order chi connectivity index (χ0) is 17.9. The Balaban J connectivity index is 1.65. The van der Waals surface area contributed by atoms with Crippen LogP contribution in [-0.2, 0) is 9.53 Å². The fourth-order valence-electron chi connectivity index (χ4n) is 2.63. The van der Waals surface area contributed by atoms with Crippen molar-refractivity contribution in [1.82, 2.24) is 15.1 Å². The second-order valence-corrected chi connectivity index (χ2v) is 6.93. The molecule has 7 heteroatoms. The van der Waals surface area contributed by atoms with Crippen LogP contribution in [0.25, 0.3) is 5.69 Å². The zero-order valence-corrected chi connectivity index (χ0v) is 15.1. The summed E-state index contributed by atoms with van der Waals surface area (Å²) in [5, 5.41) is 7.57. The summed E-state index contributed by atoms with van der Waals surface area (Å²) in [7, 11) is 0. The lowest BCUT2D eigenvalue weighted by atomic mass is 10.1. The number of nitrogens with zero attached hydrogens (tertiary/aromatic N) is 2. The van der Waals surface area contributed by atoms with Gasteiger partial charge in [-0.15, -0.1) is 5.10 Å². The molecule has 2 heterocycles. The third kappa shape index (κ3) is 4.32. The molecule has 1 saturated heterocycles. The van der Waals surface area contributed by atoms with Gasteiger partial charge in [0.2, 0.25) is 0 Å². The molecule has 0 aliphatic carbocycles. The van der Waals surface area contributed by atoms with Crippen LogP contribution in [0.15, 0.2) is 36.5 Å². The third-order valence-electron chi connectivity index (χ3n) is 4.07. The number of hydrogen-bond acceptors (Lipinski definition) is 4. The molecular formula is C18H22ClN3O3. The van der Waals surface area contributed by atoms with Crippen LogP contribution in [0, 0.1) is 0 Å². The first-order valence-corrected chi connectivity index (χ1v) is 8.73. The maximum atomic E-state index is 12.4. The number of carbonyl (C=O) groups excluding carboxylic acids is 1. The van der Waals surface area contributed by atoms with Gasteiger partial charge in [0.1, 0.15) is 5.02 Å². The van der Waals surface area contributed by atoms with E-state index in [0.717, 1.165) is 25.1 Å². The number of benzene rings is 1. The molecule has 25 heavy (non-hydrogen) atoms. The van der Waals surface area contributed by atoms with Crippen molar-refractivity contribution < 1.29 is 14.3 Å². The van der Waals surface area contributed by atoms with Crippen molar-refractivity contribution in [2.45, 2.75) is 38.4 Å². The van der Waals surface area contributed by atoms with Crippen LogP contribution < -0.4 is 10.1 Å². The van der Waals surface area contributed by atoms with Gasteiger partial charge in [0.05, 0.1) is 18.0 Å². The molecule has 2 aromatic rings. The SMILES string of the molecule is CC(C)(Oc1nn(-c2ccccc2)cc1Cl)C(=O)NCC1CCCO1. The molecule has 1 atom stereocenters. The monoisotopic (exact) mass is 363 g/mol. The second kappa shape index (κ2) is 7.45. The largest absolute Gasteiger partial charge is 0.459 e. The van der Waals surface area contributed by atoms with Gasteiger partial charge >= 0.3 is 0 Å². The van der Waals surface area contributed by atoms with Crippen LogP contribution in [0.1, 0.15) is 26.7 Å². The highest BCUT2D eigenvalue weighted by Gasteiger charge is 2.32. The predicted molar refractivity (Wildman–Crippen MR) is 95.3 cm³/mol. The van der Waals surface area contributed by atoms with Gasteiger partial charge in [-0.05, 0) is 38.8 Å². The fourth-order valence-corrected chi connectivity index (χ4v) is 2.80. The number of para-hydroxylation sites is 1. The number of halogens is 1. The van der Waals surface area contributed by atoms with E-state index in [1.165, 1.54) is 0 Å². The Morgan fingerprint density at radius 3 is 2.88 bits per heavy atom. The average Bonchev–Trinajstić information content (AvgIpc) is 3.23. The van der Waals surface area contributed by atoms with Gasteiger partial charge in [-0.3, -0.25) is 4.79 Å². The maximum Gasteiger partial charge on any atom is 0.263 e. The topological polar surface area (TPSA) is 65.4 Å². The molecular weight excluding hydrogens is 342 g/mol. The molecule has 134 valence electrons. The van der Waals surface area contributed by atoms with Crippen molar-refractivity contribution in [1.29, 1.82) is 0 Å². The molecule has 0 spiro atoms. The average molecular weight is 364 g/mol. The number of carbonyl (C=O) groups is 1. The highest BCUT2D eigenvalue weighted by Crippen LogP contribution is 2.27. The molecule has 1 aromatic heterocycles. The van der Waals surface area contributed by atoms with Gasteiger partial charge in [-0.25, -0.2) is 4.68 Å². The number of hydrogen-bond donors (Lipinski definition) is 1. The lowest BCUT2D eigenvalue weighted by Gasteiger charge is -2.24. The maximum absolute atomic E-state index is 12.4. The summed E-state index contributed by atoms with van der Waals surface area (Å²) in [5.41, 5.74) is -0.238. The molecule has 1 unspecified atom stereocenters. The Kier molecular flexibility index (Phi) is 5.30. The van der Waals surface area contributed by atoms with Crippen molar-refractivity contribution in [3.05, 3.63) is 41.6 Å². The Hall–Kier alpha value is -2.05. The summed E-state index contributed by atoms with van der Waals surface area (Å²) < 4.78 is 12.9. The van der Waals surface area contributed by atoms with Gasteiger partial charge < -0.3 is 14.8 Å². The van der Waals surface area contributed by atoms with Gasteiger partial charge in [0.15, 0.2) is 5.60 Å². The van der Waals surface area contributed by atoms with Gasteiger partial charge in [0.25, 0.3) is 11.8 Å². The summed E-state index contributed by atoms with van der Waals surface area (Å²) in [5.74, 6) is -0.00360. The molecule has 3 rings (SSSR count). The highest BCUT2D eigenvalue weighted by molar-refractivity contribution is 6.31.